The van der Waals surface area contributed by atoms with Crippen LogP contribution >= 0.6 is 0 Å². The van der Waals surface area contributed by atoms with Crippen LogP contribution in [0.25, 0.3) is 0 Å². The predicted octanol–water partition coefficient (Wildman–Crippen LogP) is 1.52. The molecule has 1 N–H and O–H groups in total. The SMILES string of the molecule is CC(C)CNC(C)Cn1cccn1. The minimum Gasteiger partial charge on any atom is -0.312 e. The van der Waals surface area contributed by atoms with E-state index in [1.807, 2.05) is 23.1 Å². The van der Waals surface area contributed by atoms with Crippen LogP contribution in [0.1, 0.15) is 20.8 Å². The van der Waals surface area contributed by atoms with Gasteiger partial charge in [0.2, 0.25) is 0 Å². The van der Waals surface area contributed by atoms with E-state index in [4.69, 9.17) is 0 Å². The second-order valence-electron chi connectivity index (χ2n) is 3.93. The van der Waals surface area contributed by atoms with E-state index in [0.29, 0.717) is 12.0 Å². The molecule has 1 atom stereocenters. The van der Waals surface area contributed by atoms with E-state index >= 15 is 0 Å². The summed E-state index contributed by atoms with van der Waals surface area (Å²) in [7, 11) is 0. The Morgan fingerprint density at radius 1 is 1.38 bits per heavy atom. The fourth-order valence-corrected chi connectivity index (χ4v) is 1.19. The molecule has 74 valence electrons. The summed E-state index contributed by atoms with van der Waals surface area (Å²) in [4.78, 5) is 0. The van der Waals surface area contributed by atoms with Crippen molar-refractivity contribution in [2.24, 2.45) is 5.92 Å². The Morgan fingerprint density at radius 2 is 2.15 bits per heavy atom. The van der Waals surface area contributed by atoms with Crippen LogP contribution in [-0.4, -0.2) is 22.4 Å². The van der Waals surface area contributed by atoms with Crippen LogP contribution in [0.15, 0.2) is 18.5 Å². The van der Waals surface area contributed by atoms with E-state index in [2.05, 4.69) is 31.2 Å². The number of hydrogen-bond acceptors (Lipinski definition) is 2. The van der Waals surface area contributed by atoms with Crippen LogP contribution in [0, 0.1) is 5.92 Å². The number of nitrogens with zero attached hydrogens (tertiary/aromatic N) is 2. The van der Waals surface area contributed by atoms with Crippen LogP contribution in [0.5, 0.6) is 0 Å². The van der Waals surface area contributed by atoms with Gasteiger partial charge in [-0.2, -0.15) is 5.10 Å². The second-order valence-corrected chi connectivity index (χ2v) is 3.93. The fraction of sp³-hybridized carbons (Fsp3) is 0.700. The number of nitrogens with one attached hydrogen (secondary N) is 1. The maximum absolute atomic E-state index is 4.16. The Kier molecular flexibility index (Phi) is 3.96. The summed E-state index contributed by atoms with van der Waals surface area (Å²) in [6.07, 6.45) is 3.81. The molecule has 1 rings (SSSR count). The highest BCUT2D eigenvalue weighted by atomic mass is 15.3. The molecule has 0 fully saturated rings. The number of aromatic nitrogens is 2. The van der Waals surface area contributed by atoms with Gasteiger partial charge >= 0.3 is 0 Å². The van der Waals surface area contributed by atoms with Crippen molar-refractivity contribution < 1.29 is 0 Å². The van der Waals surface area contributed by atoms with E-state index in [1.165, 1.54) is 0 Å². The van der Waals surface area contributed by atoms with Crippen molar-refractivity contribution in [1.29, 1.82) is 0 Å². The number of hydrogen-bond donors (Lipinski definition) is 1. The zero-order chi connectivity index (χ0) is 9.68. The lowest BCUT2D eigenvalue weighted by atomic mass is 10.2. The van der Waals surface area contributed by atoms with E-state index < -0.39 is 0 Å². The molecule has 0 bridgehead atoms. The van der Waals surface area contributed by atoms with E-state index in [0.717, 1.165) is 13.1 Å². The highest BCUT2D eigenvalue weighted by Gasteiger charge is 2.02. The number of rotatable bonds is 5. The minimum atomic E-state index is 0.488. The van der Waals surface area contributed by atoms with Gasteiger partial charge in [-0.25, -0.2) is 0 Å². The van der Waals surface area contributed by atoms with Gasteiger partial charge in [-0.05, 0) is 25.5 Å². The maximum atomic E-state index is 4.16. The second kappa shape index (κ2) is 5.02. The lowest BCUT2D eigenvalue weighted by molar-refractivity contribution is 0.423. The van der Waals surface area contributed by atoms with Gasteiger partial charge < -0.3 is 5.32 Å². The molecule has 0 radical (unpaired) electrons. The summed E-state index contributed by atoms with van der Waals surface area (Å²) in [6.45, 7) is 8.63. The zero-order valence-electron chi connectivity index (χ0n) is 8.70. The molecule has 1 unspecified atom stereocenters. The van der Waals surface area contributed by atoms with Crippen molar-refractivity contribution >= 4 is 0 Å². The average molecular weight is 181 g/mol. The molecule has 0 aromatic carbocycles. The average Bonchev–Trinajstić information content (AvgIpc) is 2.53. The molecule has 0 aliphatic rings. The minimum absolute atomic E-state index is 0.488. The molecule has 0 aliphatic carbocycles. The molecule has 0 saturated heterocycles. The van der Waals surface area contributed by atoms with Gasteiger partial charge in [-0.1, -0.05) is 13.8 Å². The fourth-order valence-electron chi connectivity index (χ4n) is 1.19. The van der Waals surface area contributed by atoms with Crippen LogP contribution in [0.2, 0.25) is 0 Å². The third-order valence-corrected chi connectivity index (χ3v) is 1.89. The van der Waals surface area contributed by atoms with Crippen LogP contribution in [0.3, 0.4) is 0 Å². The summed E-state index contributed by atoms with van der Waals surface area (Å²) < 4.78 is 1.96. The maximum Gasteiger partial charge on any atom is 0.0559 e. The van der Waals surface area contributed by atoms with Crippen molar-refractivity contribution in [3.05, 3.63) is 18.5 Å². The Morgan fingerprint density at radius 3 is 2.69 bits per heavy atom. The molecular formula is C10H19N3. The Labute approximate surface area is 80.1 Å². The summed E-state index contributed by atoms with van der Waals surface area (Å²) >= 11 is 0. The predicted molar refractivity (Wildman–Crippen MR) is 54.5 cm³/mol. The van der Waals surface area contributed by atoms with Gasteiger partial charge in [0.25, 0.3) is 0 Å². The summed E-state index contributed by atoms with van der Waals surface area (Å²) in [5, 5.41) is 7.62. The molecule has 0 saturated carbocycles. The van der Waals surface area contributed by atoms with Crippen molar-refractivity contribution in [1.82, 2.24) is 15.1 Å². The first kappa shape index (κ1) is 10.3. The molecule has 13 heavy (non-hydrogen) atoms. The van der Waals surface area contributed by atoms with Gasteiger partial charge in [0.15, 0.2) is 0 Å². The molecule has 3 nitrogen and oxygen atoms in total. The van der Waals surface area contributed by atoms with Gasteiger partial charge in [0.1, 0.15) is 0 Å². The lowest BCUT2D eigenvalue weighted by Crippen LogP contribution is -2.33. The zero-order valence-corrected chi connectivity index (χ0v) is 8.70. The summed E-state index contributed by atoms with van der Waals surface area (Å²) in [5.74, 6) is 0.708. The third kappa shape index (κ3) is 4.08. The van der Waals surface area contributed by atoms with Gasteiger partial charge in [-0.15, -0.1) is 0 Å². The highest BCUT2D eigenvalue weighted by Crippen LogP contribution is 1.93. The highest BCUT2D eigenvalue weighted by molar-refractivity contribution is 4.79. The first-order chi connectivity index (χ1) is 6.18. The summed E-state index contributed by atoms with van der Waals surface area (Å²) in [6, 6.07) is 2.44. The smallest absolute Gasteiger partial charge is 0.0559 e. The first-order valence-electron chi connectivity index (χ1n) is 4.89. The molecule has 1 heterocycles. The molecule has 0 spiro atoms. The van der Waals surface area contributed by atoms with Gasteiger partial charge in [0.05, 0.1) is 6.54 Å². The topological polar surface area (TPSA) is 29.9 Å². The van der Waals surface area contributed by atoms with Crippen molar-refractivity contribution in [3.63, 3.8) is 0 Å². The lowest BCUT2D eigenvalue weighted by Gasteiger charge is -2.15. The standard InChI is InChI=1S/C10H19N3/c1-9(2)7-11-10(3)8-13-6-4-5-12-13/h4-6,9-11H,7-8H2,1-3H3. The molecule has 3 heteroatoms. The van der Waals surface area contributed by atoms with E-state index in [-0.39, 0.29) is 0 Å². The van der Waals surface area contributed by atoms with Crippen LogP contribution < -0.4 is 5.32 Å². The first-order valence-corrected chi connectivity index (χ1v) is 4.89. The largest absolute Gasteiger partial charge is 0.312 e. The molecule has 1 aromatic heterocycles. The van der Waals surface area contributed by atoms with Crippen LogP contribution in [-0.2, 0) is 6.54 Å². The molecule has 0 aliphatic heterocycles. The normalized spacial score (nSPS) is 13.5. The van der Waals surface area contributed by atoms with E-state index in [1.54, 1.807) is 0 Å². The Hall–Kier alpha value is -0.830. The molecule has 1 aromatic rings. The van der Waals surface area contributed by atoms with Crippen LogP contribution in [0.4, 0.5) is 0 Å². The van der Waals surface area contributed by atoms with Gasteiger partial charge in [0, 0.05) is 18.4 Å². The monoisotopic (exact) mass is 181 g/mol. The molecule has 0 amide bonds. The van der Waals surface area contributed by atoms with E-state index in [9.17, 15) is 0 Å². The Balaban J connectivity index is 2.22. The van der Waals surface area contributed by atoms with Gasteiger partial charge in [-0.3, -0.25) is 4.68 Å². The molecular weight excluding hydrogens is 162 g/mol. The summed E-state index contributed by atoms with van der Waals surface area (Å²) in [5.41, 5.74) is 0. The van der Waals surface area contributed by atoms with Crippen molar-refractivity contribution in [2.45, 2.75) is 33.4 Å². The Bertz CT molecular complexity index is 216. The third-order valence-electron chi connectivity index (χ3n) is 1.89. The quantitative estimate of drug-likeness (QED) is 0.746. The van der Waals surface area contributed by atoms with Crippen molar-refractivity contribution in [3.8, 4) is 0 Å². The van der Waals surface area contributed by atoms with Crippen molar-refractivity contribution in [2.75, 3.05) is 6.54 Å².